The molecule has 0 radical (unpaired) electrons. The highest BCUT2D eigenvalue weighted by molar-refractivity contribution is 7.86. The number of ether oxygens (including phenoxy) is 4. The Labute approximate surface area is 468 Å². The standard InChI is InChI=1S/C57H65N9O14S/c1-32(61-52(68)17-10-9-16-51(67)59-18-11-19-80-58)53(69)62-33(2)54(70)63-38-21-34(30-78-49-27-42-40(25-47(49)76-3)56(71)65-39(29-60-42)23-36-12-5-7-14-44(36)65)20-35(22-38)31-79-50-28-43-41(26-48(50)77-4)57(72)66-45-15-8-6-13-37(45)24-46(66)55(64-43)81(73,74)75/h5-8,12-15,20-22,25-28,32-33,39,46,55,60,64H,9-11,16-19,23-24,29-31,58H2,1-4H3,(H,59,67)(H,61,68)(H,62,69)(H,63,70)(H,73,74,75)/t32-,33-,39-,46-,55?/m0/s1. The summed E-state index contributed by atoms with van der Waals surface area (Å²) >= 11 is 0. The smallest absolute Gasteiger partial charge is 0.288 e. The Morgan fingerprint density at radius 1 is 0.704 bits per heavy atom. The fraction of sp³-hybridized carbons (Fsp3) is 0.368. The summed E-state index contributed by atoms with van der Waals surface area (Å²) in [6.07, 6.45) is 2.61. The fourth-order valence-corrected chi connectivity index (χ4v) is 11.4. The number of amides is 6. The lowest BCUT2D eigenvalue weighted by molar-refractivity contribution is -0.130. The van der Waals surface area contributed by atoms with Gasteiger partial charge in [0, 0.05) is 55.1 Å². The van der Waals surface area contributed by atoms with Crippen LogP contribution in [0.4, 0.5) is 28.4 Å². The monoisotopic (exact) mass is 1130 g/mol. The van der Waals surface area contributed by atoms with Crippen molar-refractivity contribution in [3.05, 3.63) is 124 Å². The first kappa shape index (κ1) is 57.2. The quantitative estimate of drug-likeness (QED) is 0.0243. The first-order valence-electron chi connectivity index (χ1n) is 26.6. The number of carbonyl (C=O) groups is 6. The molecule has 4 aliphatic heterocycles. The number of benzene rings is 5. The van der Waals surface area contributed by atoms with Gasteiger partial charge < -0.3 is 65.5 Å². The van der Waals surface area contributed by atoms with E-state index in [-0.39, 0.29) is 78.8 Å². The van der Waals surface area contributed by atoms with Gasteiger partial charge in [-0.25, -0.2) is 5.90 Å². The number of fused-ring (bicyclic) bond motifs is 8. The summed E-state index contributed by atoms with van der Waals surface area (Å²) in [5, 5.41) is 15.6. The second-order valence-corrected chi connectivity index (χ2v) is 21.7. The molecule has 0 aromatic heterocycles. The molecule has 0 saturated carbocycles. The molecule has 24 heteroatoms. The number of nitrogens with zero attached hydrogens (tertiary/aromatic N) is 2. The molecule has 23 nitrogen and oxygen atoms in total. The molecule has 428 valence electrons. The van der Waals surface area contributed by atoms with Gasteiger partial charge in [0.25, 0.3) is 21.9 Å². The van der Waals surface area contributed by atoms with Crippen LogP contribution in [0.15, 0.2) is 91.0 Å². The molecule has 0 spiro atoms. The molecule has 0 saturated heterocycles. The average molecular weight is 1130 g/mol. The zero-order valence-electron chi connectivity index (χ0n) is 45.2. The van der Waals surface area contributed by atoms with Crippen LogP contribution in [-0.2, 0) is 60.2 Å². The molecule has 81 heavy (non-hydrogen) atoms. The van der Waals surface area contributed by atoms with Crippen molar-refractivity contribution in [2.75, 3.05) is 59.7 Å². The predicted octanol–water partition coefficient (Wildman–Crippen LogP) is 4.97. The summed E-state index contributed by atoms with van der Waals surface area (Å²) in [6.45, 7) is 3.93. The molecule has 5 atom stereocenters. The van der Waals surface area contributed by atoms with E-state index in [1.165, 1.54) is 45.1 Å². The molecule has 9 rings (SSSR count). The maximum atomic E-state index is 14.3. The summed E-state index contributed by atoms with van der Waals surface area (Å²) in [5.41, 5.74) is 5.64. The normalized spacial score (nSPS) is 17.4. The third kappa shape index (κ3) is 12.9. The maximum absolute atomic E-state index is 14.3. The first-order valence-corrected chi connectivity index (χ1v) is 28.1. The molecule has 1 unspecified atom stereocenters. The number of unbranched alkanes of at least 4 members (excludes halogenated alkanes) is 1. The van der Waals surface area contributed by atoms with Crippen LogP contribution in [0.3, 0.4) is 0 Å². The predicted molar refractivity (Wildman–Crippen MR) is 300 cm³/mol. The molecule has 4 heterocycles. The second kappa shape index (κ2) is 24.9. The van der Waals surface area contributed by atoms with Gasteiger partial charge in [-0.15, -0.1) is 0 Å². The van der Waals surface area contributed by atoms with Gasteiger partial charge in [0.05, 0.1) is 55.4 Å². The Kier molecular flexibility index (Phi) is 17.6. The van der Waals surface area contributed by atoms with Gasteiger partial charge in [-0.3, -0.25) is 33.3 Å². The van der Waals surface area contributed by atoms with E-state index in [2.05, 4.69) is 36.7 Å². The molecule has 0 aliphatic carbocycles. The van der Waals surface area contributed by atoms with Gasteiger partial charge in [0.2, 0.25) is 23.6 Å². The van der Waals surface area contributed by atoms with E-state index in [0.717, 1.165) is 16.8 Å². The van der Waals surface area contributed by atoms with Gasteiger partial charge in [-0.2, -0.15) is 8.42 Å². The van der Waals surface area contributed by atoms with Crippen molar-refractivity contribution in [1.29, 1.82) is 0 Å². The van der Waals surface area contributed by atoms with Gasteiger partial charge in [-0.05, 0) is 111 Å². The lowest BCUT2D eigenvalue weighted by atomic mass is 10.1. The Morgan fingerprint density at radius 2 is 1.27 bits per heavy atom. The molecule has 5 aromatic rings. The fourth-order valence-electron chi connectivity index (χ4n) is 10.5. The number of nitrogens with two attached hydrogens (primary N) is 1. The van der Waals surface area contributed by atoms with Crippen molar-refractivity contribution < 1.29 is 65.5 Å². The van der Waals surface area contributed by atoms with E-state index in [9.17, 15) is 41.7 Å². The van der Waals surface area contributed by atoms with Gasteiger partial charge in [0.15, 0.2) is 28.4 Å². The summed E-state index contributed by atoms with van der Waals surface area (Å²) in [6, 6.07) is 23.0. The lowest BCUT2D eigenvalue weighted by Gasteiger charge is -2.27. The zero-order chi connectivity index (χ0) is 57.5. The van der Waals surface area contributed by atoms with Gasteiger partial charge in [-0.1, -0.05) is 36.4 Å². The minimum atomic E-state index is -4.78. The first-order chi connectivity index (χ1) is 38.9. The molecule has 9 N–H and O–H groups in total. The molecule has 6 amide bonds. The molecular weight excluding hydrogens is 1070 g/mol. The Morgan fingerprint density at radius 3 is 1.90 bits per heavy atom. The molecule has 0 fully saturated rings. The number of hydrogen-bond donors (Lipinski definition) is 8. The number of nitrogens with one attached hydrogen (secondary N) is 6. The highest BCUT2D eigenvalue weighted by Gasteiger charge is 2.47. The van der Waals surface area contributed by atoms with Crippen molar-refractivity contribution in [3.63, 3.8) is 0 Å². The number of anilines is 5. The third-order valence-corrected chi connectivity index (χ3v) is 15.6. The molecule has 0 bridgehead atoms. The van der Waals surface area contributed by atoms with Crippen LogP contribution in [0.5, 0.6) is 23.0 Å². The van der Waals surface area contributed by atoms with Crippen LogP contribution in [0, 0.1) is 0 Å². The Balaban J connectivity index is 0.923. The van der Waals surface area contributed by atoms with Crippen molar-refractivity contribution in [1.82, 2.24) is 16.0 Å². The van der Waals surface area contributed by atoms with Crippen LogP contribution in [-0.4, -0.2) is 112 Å². The van der Waals surface area contributed by atoms with Crippen molar-refractivity contribution in [3.8, 4) is 23.0 Å². The van der Waals surface area contributed by atoms with E-state index in [0.29, 0.717) is 84.9 Å². The summed E-state index contributed by atoms with van der Waals surface area (Å²) in [7, 11) is -1.92. The number of para-hydroxylation sites is 2. The maximum Gasteiger partial charge on any atom is 0.288 e. The molecular formula is C57H65N9O14S. The van der Waals surface area contributed by atoms with Gasteiger partial charge in [0.1, 0.15) is 25.3 Å². The minimum absolute atomic E-state index is 0.0736. The summed E-state index contributed by atoms with van der Waals surface area (Å²) in [5.74, 6) is 3.39. The van der Waals surface area contributed by atoms with Crippen LogP contribution in [0.25, 0.3) is 0 Å². The van der Waals surface area contributed by atoms with E-state index in [1.807, 2.05) is 29.2 Å². The van der Waals surface area contributed by atoms with E-state index in [1.54, 1.807) is 54.6 Å². The average Bonchev–Trinajstić information content (AvgIpc) is 3.17. The molecule has 4 aliphatic rings. The van der Waals surface area contributed by atoms with Gasteiger partial charge >= 0.3 is 0 Å². The van der Waals surface area contributed by atoms with Crippen molar-refractivity contribution >= 4 is 74.0 Å². The lowest BCUT2D eigenvalue weighted by Crippen LogP contribution is -2.50. The van der Waals surface area contributed by atoms with Crippen LogP contribution < -0.4 is 66.5 Å². The van der Waals surface area contributed by atoms with Crippen LogP contribution in [0.1, 0.15) is 88.9 Å². The van der Waals surface area contributed by atoms with Crippen LogP contribution >= 0.6 is 0 Å². The van der Waals surface area contributed by atoms with E-state index < -0.39 is 57.2 Å². The third-order valence-electron chi connectivity index (χ3n) is 14.5. The van der Waals surface area contributed by atoms with E-state index in [4.69, 9.17) is 24.8 Å². The zero-order valence-corrected chi connectivity index (χ0v) is 46.0. The Hall–Kier alpha value is -8.45. The topological polar surface area (TPSA) is 308 Å². The largest absolute Gasteiger partial charge is 0.493 e. The number of hydrogen-bond acceptors (Lipinski definition) is 16. The van der Waals surface area contributed by atoms with Crippen LogP contribution in [0.2, 0.25) is 0 Å². The van der Waals surface area contributed by atoms with E-state index >= 15 is 0 Å². The summed E-state index contributed by atoms with van der Waals surface area (Å²) in [4.78, 5) is 88.0. The highest BCUT2D eigenvalue weighted by Crippen LogP contribution is 2.44. The van der Waals surface area contributed by atoms with Crippen molar-refractivity contribution in [2.24, 2.45) is 5.90 Å². The summed E-state index contributed by atoms with van der Waals surface area (Å²) < 4.78 is 60.8. The number of rotatable bonds is 23. The second-order valence-electron chi connectivity index (χ2n) is 20.2. The van der Waals surface area contributed by atoms with Crippen molar-refractivity contribution in [2.45, 2.75) is 102 Å². The Bertz CT molecular complexity index is 3360. The number of carbonyl (C=O) groups excluding carboxylic acids is 6. The number of methoxy groups -OCH3 is 2. The molecule has 5 aromatic carbocycles. The highest BCUT2D eigenvalue weighted by atomic mass is 32.2. The minimum Gasteiger partial charge on any atom is -0.493 e. The SMILES string of the molecule is COc1cc2c(cc1OCc1cc(COc3cc4c(cc3OC)C(=O)N3c5ccccc5C[C@H]3C(S(=O)(=O)O)N4)cc(NC(=O)[C@H](C)NC(=O)[C@H](C)NC(=O)CCCCC(=O)NCCCON)c1)NC[C@@H]1Cc3ccccc3N1C2=O.